The predicted octanol–water partition coefficient (Wildman–Crippen LogP) is 4.06. The zero-order valence-electron chi connectivity index (χ0n) is 11.3. The van der Waals surface area contributed by atoms with Crippen molar-refractivity contribution in [1.82, 2.24) is 0 Å². The fraction of sp³-hybridized carbons (Fsp3) is 0.933. The van der Waals surface area contributed by atoms with Gasteiger partial charge in [-0.05, 0) is 48.3 Å². The molecule has 2 fully saturated rings. The fourth-order valence-corrected chi connectivity index (χ4v) is 4.02. The molecule has 0 saturated heterocycles. The van der Waals surface area contributed by atoms with E-state index in [1.54, 1.807) is 0 Å². The summed E-state index contributed by atoms with van der Waals surface area (Å²) in [6.07, 6.45) is 5.68. The molecule has 2 aliphatic rings. The molecule has 92 valence electrons. The third kappa shape index (κ3) is 1.94. The Balaban J connectivity index is 2.16. The molecule has 0 aromatic heterocycles. The standard InChI is InChI=1S/C15H26O/c1-10(2)12-5-6-13-8-14(16)7-11(3)15(13,4)9-12/h10-13H,5-9H2,1-4H3/t11-,12-,13?,15+/m1/s1. The maximum absolute atomic E-state index is 11.7. The van der Waals surface area contributed by atoms with E-state index in [0.717, 1.165) is 24.7 Å². The highest BCUT2D eigenvalue weighted by molar-refractivity contribution is 5.80. The molecule has 2 rings (SSSR count). The van der Waals surface area contributed by atoms with Gasteiger partial charge in [0, 0.05) is 12.8 Å². The van der Waals surface area contributed by atoms with Crippen LogP contribution >= 0.6 is 0 Å². The minimum absolute atomic E-state index is 0.446. The Hall–Kier alpha value is -0.330. The summed E-state index contributed by atoms with van der Waals surface area (Å²) in [5.74, 6) is 3.48. The molecular weight excluding hydrogens is 196 g/mol. The summed E-state index contributed by atoms with van der Waals surface area (Å²) in [6, 6.07) is 0. The molecule has 0 amide bonds. The first-order chi connectivity index (χ1) is 7.43. The molecule has 0 N–H and O–H groups in total. The summed E-state index contributed by atoms with van der Waals surface area (Å²) >= 11 is 0. The van der Waals surface area contributed by atoms with Crippen molar-refractivity contribution in [2.45, 2.75) is 59.8 Å². The molecule has 1 unspecified atom stereocenters. The summed E-state index contributed by atoms with van der Waals surface area (Å²) in [5, 5.41) is 0. The molecule has 0 bridgehead atoms. The number of Topliss-reactive ketones (excluding diaryl/α,β-unsaturated/α-hetero) is 1. The predicted molar refractivity (Wildman–Crippen MR) is 67.2 cm³/mol. The van der Waals surface area contributed by atoms with Gasteiger partial charge in [0.25, 0.3) is 0 Å². The molecule has 1 nitrogen and oxygen atoms in total. The van der Waals surface area contributed by atoms with E-state index in [2.05, 4.69) is 27.7 Å². The highest BCUT2D eigenvalue weighted by Gasteiger charge is 2.48. The van der Waals surface area contributed by atoms with Gasteiger partial charge in [-0.15, -0.1) is 0 Å². The highest BCUT2D eigenvalue weighted by atomic mass is 16.1. The summed E-state index contributed by atoms with van der Waals surface area (Å²) in [4.78, 5) is 11.7. The van der Waals surface area contributed by atoms with E-state index in [9.17, 15) is 4.79 Å². The van der Waals surface area contributed by atoms with E-state index in [-0.39, 0.29) is 0 Å². The highest BCUT2D eigenvalue weighted by Crippen LogP contribution is 2.54. The quantitative estimate of drug-likeness (QED) is 0.654. The van der Waals surface area contributed by atoms with Gasteiger partial charge < -0.3 is 0 Å². The molecule has 0 radical (unpaired) electrons. The van der Waals surface area contributed by atoms with Crippen molar-refractivity contribution < 1.29 is 4.79 Å². The summed E-state index contributed by atoms with van der Waals surface area (Å²) in [5.41, 5.74) is 0.446. The van der Waals surface area contributed by atoms with Gasteiger partial charge in [0.1, 0.15) is 5.78 Å². The monoisotopic (exact) mass is 222 g/mol. The number of carbonyl (C=O) groups is 1. The SMILES string of the molecule is CC(C)[C@@H]1CCC2CC(=O)C[C@@H](C)[C@]2(C)C1. The van der Waals surface area contributed by atoms with Crippen LogP contribution in [0.15, 0.2) is 0 Å². The van der Waals surface area contributed by atoms with E-state index in [4.69, 9.17) is 0 Å². The van der Waals surface area contributed by atoms with Crippen molar-refractivity contribution >= 4 is 5.78 Å². The van der Waals surface area contributed by atoms with Crippen LogP contribution in [0.25, 0.3) is 0 Å². The van der Waals surface area contributed by atoms with E-state index < -0.39 is 0 Å². The van der Waals surface area contributed by atoms with Gasteiger partial charge in [0.05, 0.1) is 0 Å². The first-order valence-electron chi connectivity index (χ1n) is 6.95. The lowest BCUT2D eigenvalue weighted by molar-refractivity contribution is -0.131. The average Bonchev–Trinajstić information content (AvgIpc) is 2.19. The second-order valence-corrected chi connectivity index (χ2v) is 6.84. The van der Waals surface area contributed by atoms with Crippen LogP contribution in [0.5, 0.6) is 0 Å². The van der Waals surface area contributed by atoms with Crippen molar-refractivity contribution in [3.05, 3.63) is 0 Å². The zero-order chi connectivity index (χ0) is 11.9. The van der Waals surface area contributed by atoms with Gasteiger partial charge in [-0.3, -0.25) is 4.79 Å². The number of hydrogen-bond acceptors (Lipinski definition) is 1. The lowest BCUT2D eigenvalue weighted by atomic mass is 9.53. The molecule has 4 atom stereocenters. The molecule has 0 aromatic rings. The maximum Gasteiger partial charge on any atom is 0.133 e. The third-order valence-electron chi connectivity index (χ3n) is 5.60. The second-order valence-electron chi connectivity index (χ2n) is 6.84. The molecule has 2 saturated carbocycles. The average molecular weight is 222 g/mol. The Morgan fingerprint density at radius 1 is 1.25 bits per heavy atom. The molecule has 0 aliphatic heterocycles. The Bertz CT molecular complexity index is 281. The van der Waals surface area contributed by atoms with Crippen LogP contribution in [0.4, 0.5) is 0 Å². The van der Waals surface area contributed by atoms with Crippen LogP contribution < -0.4 is 0 Å². The Morgan fingerprint density at radius 3 is 2.56 bits per heavy atom. The molecule has 0 spiro atoms. The van der Waals surface area contributed by atoms with Crippen LogP contribution in [0.2, 0.25) is 0 Å². The van der Waals surface area contributed by atoms with E-state index in [1.165, 1.54) is 19.3 Å². The summed E-state index contributed by atoms with van der Waals surface area (Å²) < 4.78 is 0. The van der Waals surface area contributed by atoms with E-state index >= 15 is 0 Å². The van der Waals surface area contributed by atoms with Crippen molar-refractivity contribution in [2.75, 3.05) is 0 Å². The van der Waals surface area contributed by atoms with Crippen LogP contribution in [0.1, 0.15) is 59.8 Å². The van der Waals surface area contributed by atoms with Crippen LogP contribution in [-0.4, -0.2) is 5.78 Å². The number of rotatable bonds is 1. The summed E-state index contributed by atoms with van der Waals surface area (Å²) in [7, 11) is 0. The van der Waals surface area contributed by atoms with Gasteiger partial charge in [-0.25, -0.2) is 0 Å². The van der Waals surface area contributed by atoms with Gasteiger partial charge >= 0.3 is 0 Å². The molecule has 0 aromatic carbocycles. The minimum atomic E-state index is 0.446. The Morgan fingerprint density at radius 2 is 1.94 bits per heavy atom. The number of fused-ring (bicyclic) bond motifs is 1. The number of hydrogen-bond donors (Lipinski definition) is 0. The molecule has 1 heteroatoms. The first kappa shape index (κ1) is 12.1. The van der Waals surface area contributed by atoms with Gasteiger partial charge in [-0.1, -0.05) is 27.7 Å². The van der Waals surface area contributed by atoms with Crippen molar-refractivity contribution in [3.63, 3.8) is 0 Å². The topological polar surface area (TPSA) is 17.1 Å². The smallest absolute Gasteiger partial charge is 0.133 e. The van der Waals surface area contributed by atoms with Gasteiger partial charge in [-0.2, -0.15) is 0 Å². The van der Waals surface area contributed by atoms with Crippen molar-refractivity contribution in [3.8, 4) is 0 Å². The summed E-state index contributed by atoms with van der Waals surface area (Å²) in [6.45, 7) is 9.45. The third-order valence-corrected chi connectivity index (χ3v) is 5.60. The number of carbonyl (C=O) groups excluding carboxylic acids is 1. The first-order valence-corrected chi connectivity index (χ1v) is 6.95. The Kier molecular flexibility index (Phi) is 3.16. The van der Waals surface area contributed by atoms with E-state index in [0.29, 0.717) is 23.0 Å². The van der Waals surface area contributed by atoms with Crippen LogP contribution in [-0.2, 0) is 4.79 Å². The largest absolute Gasteiger partial charge is 0.300 e. The molecule has 0 heterocycles. The van der Waals surface area contributed by atoms with Crippen molar-refractivity contribution in [1.29, 1.82) is 0 Å². The molecule has 2 aliphatic carbocycles. The Labute approximate surface area is 100.0 Å². The van der Waals surface area contributed by atoms with E-state index in [1.807, 2.05) is 0 Å². The second kappa shape index (κ2) is 4.16. The van der Waals surface area contributed by atoms with Crippen LogP contribution in [0, 0.1) is 29.1 Å². The van der Waals surface area contributed by atoms with Crippen molar-refractivity contribution in [2.24, 2.45) is 29.1 Å². The normalized spacial score (nSPS) is 44.6. The van der Waals surface area contributed by atoms with Gasteiger partial charge in [0.2, 0.25) is 0 Å². The fourth-order valence-electron chi connectivity index (χ4n) is 4.02. The van der Waals surface area contributed by atoms with Gasteiger partial charge in [0.15, 0.2) is 0 Å². The lowest BCUT2D eigenvalue weighted by Crippen LogP contribution is -2.45. The number of ketones is 1. The molecular formula is C15H26O. The zero-order valence-corrected chi connectivity index (χ0v) is 11.3. The minimum Gasteiger partial charge on any atom is -0.300 e. The lowest BCUT2D eigenvalue weighted by Gasteiger charge is -2.52. The maximum atomic E-state index is 11.7. The van der Waals surface area contributed by atoms with Crippen LogP contribution in [0.3, 0.4) is 0 Å². The molecule has 16 heavy (non-hydrogen) atoms.